The fraction of sp³-hybridized carbons (Fsp3) is 0.118. The molecule has 1 amide bonds. The maximum absolute atomic E-state index is 12.3. The highest BCUT2D eigenvalue weighted by atomic mass is 35.5. The summed E-state index contributed by atoms with van der Waals surface area (Å²) in [6.07, 6.45) is 1.54. The second-order valence-electron chi connectivity index (χ2n) is 5.18. The molecule has 0 bridgehead atoms. The molecule has 0 aliphatic carbocycles. The molecule has 8 heteroatoms. The zero-order valence-corrected chi connectivity index (χ0v) is 14.3. The minimum absolute atomic E-state index is 0.313. The summed E-state index contributed by atoms with van der Waals surface area (Å²) in [7, 11) is 1.55. The quantitative estimate of drug-likeness (QED) is 0.715. The molecule has 0 aliphatic heterocycles. The lowest BCUT2D eigenvalue weighted by Gasteiger charge is -2.09. The molecule has 0 saturated heterocycles. The molecule has 0 aliphatic rings. The minimum Gasteiger partial charge on any atom is -0.495 e. The van der Waals surface area contributed by atoms with E-state index in [-0.39, 0.29) is 5.91 Å². The van der Waals surface area contributed by atoms with Gasteiger partial charge in [-0.05, 0) is 37.3 Å². The highest BCUT2D eigenvalue weighted by Gasteiger charge is 2.10. The van der Waals surface area contributed by atoms with Crippen molar-refractivity contribution < 1.29 is 14.1 Å². The van der Waals surface area contributed by atoms with E-state index in [0.717, 1.165) is 5.69 Å². The van der Waals surface area contributed by atoms with Crippen molar-refractivity contribution in [2.24, 2.45) is 0 Å². The third-order valence-electron chi connectivity index (χ3n) is 3.32. The van der Waals surface area contributed by atoms with Gasteiger partial charge in [0.15, 0.2) is 5.82 Å². The van der Waals surface area contributed by atoms with Crippen molar-refractivity contribution >= 4 is 34.8 Å². The summed E-state index contributed by atoms with van der Waals surface area (Å²) in [4.78, 5) is 16.5. The summed E-state index contributed by atoms with van der Waals surface area (Å²) in [5.41, 5.74) is 1.15. The molecule has 0 atom stereocenters. The number of benzene rings is 1. The number of pyridine rings is 1. The van der Waals surface area contributed by atoms with E-state index in [4.69, 9.17) is 20.9 Å². The summed E-state index contributed by atoms with van der Waals surface area (Å²) >= 11 is 6.10. The number of halogens is 1. The normalized spacial score (nSPS) is 10.4. The van der Waals surface area contributed by atoms with Gasteiger partial charge in [0.1, 0.15) is 17.3 Å². The van der Waals surface area contributed by atoms with Crippen LogP contribution >= 0.6 is 11.6 Å². The SMILES string of the molecule is COc1ccc(Nc2cc(C(=O)Nc3cc(C)on3)ccn2)cc1Cl. The van der Waals surface area contributed by atoms with Crippen LogP contribution in [-0.4, -0.2) is 23.2 Å². The number of aryl methyl sites for hydroxylation is 1. The van der Waals surface area contributed by atoms with Crippen molar-refractivity contribution in [3.8, 4) is 5.75 Å². The number of anilines is 3. The van der Waals surface area contributed by atoms with Crippen LogP contribution in [0.5, 0.6) is 5.75 Å². The Bertz CT molecular complexity index is 910. The lowest BCUT2D eigenvalue weighted by Crippen LogP contribution is -2.12. The number of rotatable bonds is 5. The third-order valence-corrected chi connectivity index (χ3v) is 3.61. The van der Waals surface area contributed by atoms with E-state index in [1.165, 1.54) is 6.20 Å². The molecular formula is C17H15ClN4O3. The maximum atomic E-state index is 12.3. The highest BCUT2D eigenvalue weighted by Crippen LogP contribution is 2.28. The molecule has 2 aromatic heterocycles. The average molecular weight is 359 g/mol. The van der Waals surface area contributed by atoms with Crippen LogP contribution in [0, 0.1) is 6.92 Å². The summed E-state index contributed by atoms with van der Waals surface area (Å²) in [5, 5.41) is 9.96. The van der Waals surface area contributed by atoms with Crippen LogP contribution in [0.15, 0.2) is 47.1 Å². The van der Waals surface area contributed by atoms with Crippen LogP contribution in [0.25, 0.3) is 0 Å². The van der Waals surface area contributed by atoms with Crippen LogP contribution in [0.3, 0.4) is 0 Å². The van der Waals surface area contributed by atoms with Crippen molar-refractivity contribution in [1.82, 2.24) is 10.1 Å². The van der Waals surface area contributed by atoms with E-state index in [1.54, 1.807) is 50.4 Å². The number of ether oxygens (including phenoxy) is 1. The number of amides is 1. The van der Waals surface area contributed by atoms with E-state index in [9.17, 15) is 4.79 Å². The van der Waals surface area contributed by atoms with Crippen molar-refractivity contribution in [2.75, 3.05) is 17.7 Å². The lowest BCUT2D eigenvalue weighted by molar-refractivity contribution is 0.102. The molecule has 0 unspecified atom stereocenters. The van der Waals surface area contributed by atoms with E-state index < -0.39 is 0 Å². The molecule has 1 aromatic carbocycles. The van der Waals surface area contributed by atoms with E-state index >= 15 is 0 Å². The fourth-order valence-corrected chi connectivity index (χ4v) is 2.40. The van der Waals surface area contributed by atoms with Gasteiger partial charge >= 0.3 is 0 Å². The van der Waals surface area contributed by atoms with Crippen LogP contribution in [0.1, 0.15) is 16.1 Å². The van der Waals surface area contributed by atoms with Crippen molar-refractivity contribution in [3.05, 3.63) is 58.9 Å². The summed E-state index contributed by atoms with van der Waals surface area (Å²) in [6.45, 7) is 1.75. The smallest absolute Gasteiger partial charge is 0.257 e. The van der Waals surface area contributed by atoms with Crippen molar-refractivity contribution in [3.63, 3.8) is 0 Å². The van der Waals surface area contributed by atoms with Gasteiger partial charge in [0.05, 0.1) is 12.1 Å². The Morgan fingerprint density at radius 2 is 2.04 bits per heavy atom. The number of aromatic nitrogens is 2. The van der Waals surface area contributed by atoms with E-state index in [1.807, 2.05) is 0 Å². The summed E-state index contributed by atoms with van der Waals surface area (Å²) in [5.74, 6) is 1.74. The zero-order chi connectivity index (χ0) is 17.8. The Balaban J connectivity index is 1.74. The largest absolute Gasteiger partial charge is 0.495 e. The summed E-state index contributed by atoms with van der Waals surface area (Å²) < 4.78 is 10.0. The predicted octanol–water partition coefficient (Wildman–Crippen LogP) is 4.04. The second-order valence-corrected chi connectivity index (χ2v) is 5.59. The van der Waals surface area contributed by atoms with Gasteiger partial charge in [-0.15, -0.1) is 0 Å². The fourth-order valence-electron chi connectivity index (χ4n) is 2.15. The zero-order valence-electron chi connectivity index (χ0n) is 13.5. The van der Waals surface area contributed by atoms with Crippen LogP contribution in [0.2, 0.25) is 5.02 Å². The number of carbonyl (C=O) groups is 1. The van der Waals surface area contributed by atoms with Crippen molar-refractivity contribution in [1.29, 1.82) is 0 Å². The molecule has 3 rings (SSSR count). The van der Waals surface area contributed by atoms with Gasteiger partial charge < -0.3 is 19.9 Å². The monoisotopic (exact) mass is 358 g/mol. The molecule has 25 heavy (non-hydrogen) atoms. The van der Waals surface area contributed by atoms with Gasteiger partial charge in [-0.2, -0.15) is 0 Å². The van der Waals surface area contributed by atoms with Crippen LogP contribution in [-0.2, 0) is 0 Å². The number of nitrogens with one attached hydrogen (secondary N) is 2. The second kappa shape index (κ2) is 7.23. The number of hydrogen-bond donors (Lipinski definition) is 2. The number of hydrogen-bond acceptors (Lipinski definition) is 6. The van der Waals surface area contributed by atoms with Crippen LogP contribution < -0.4 is 15.4 Å². The van der Waals surface area contributed by atoms with Gasteiger partial charge in [0.2, 0.25) is 0 Å². The Labute approximate surface area is 149 Å². The number of methoxy groups -OCH3 is 1. The molecule has 0 fully saturated rings. The first-order chi connectivity index (χ1) is 12.0. The Morgan fingerprint density at radius 3 is 2.72 bits per heavy atom. The molecule has 0 saturated carbocycles. The first-order valence-corrected chi connectivity index (χ1v) is 7.74. The van der Waals surface area contributed by atoms with E-state index in [0.29, 0.717) is 33.7 Å². The first-order valence-electron chi connectivity index (χ1n) is 7.36. The standard InChI is InChI=1S/C17H15ClN4O3/c1-10-7-16(22-25-10)21-17(23)11-5-6-19-15(8-11)20-12-3-4-14(24-2)13(18)9-12/h3-9H,1-2H3,(H,19,20)(H,21,22,23). The molecule has 2 heterocycles. The molecule has 3 aromatic rings. The van der Waals surface area contributed by atoms with Crippen LogP contribution in [0.4, 0.5) is 17.3 Å². The molecule has 128 valence electrons. The Hall–Kier alpha value is -3.06. The maximum Gasteiger partial charge on any atom is 0.257 e. The van der Waals surface area contributed by atoms with E-state index in [2.05, 4.69) is 20.8 Å². The topological polar surface area (TPSA) is 89.3 Å². The number of carbonyl (C=O) groups excluding carboxylic acids is 1. The molecule has 0 radical (unpaired) electrons. The van der Waals surface area contributed by atoms with Gasteiger partial charge in [-0.3, -0.25) is 4.79 Å². The average Bonchev–Trinajstić information content (AvgIpc) is 3.00. The van der Waals surface area contributed by atoms with Gasteiger partial charge in [0.25, 0.3) is 5.91 Å². The lowest BCUT2D eigenvalue weighted by atomic mass is 10.2. The molecule has 2 N–H and O–H groups in total. The Morgan fingerprint density at radius 1 is 1.20 bits per heavy atom. The molecular weight excluding hydrogens is 344 g/mol. The molecule has 7 nitrogen and oxygen atoms in total. The Kier molecular flexibility index (Phi) is 4.85. The highest BCUT2D eigenvalue weighted by molar-refractivity contribution is 6.32. The number of nitrogens with zero attached hydrogens (tertiary/aromatic N) is 2. The summed E-state index contributed by atoms with van der Waals surface area (Å²) in [6, 6.07) is 10.1. The minimum atomic E-state index is -0.313. The first kappa shape index (κ1) is 16.8. The van der Waals surface area contributed by atoms with Gasteiger partial charge in [-0.25, -0.2) is 4.98 Å². The third kappa shape index (κ3) is 4.07. The van der Waals surface area contributed by atoms with Gasteiger partial charge in [-0.1, -0.05) is 16.8 Å². The predicted molar refractivity (Wildman–Crippen MR) is 94.7 cm³/mol. The molecule has 0 spiro atoms. The van der Waals surface area contributed by atoms with Gasteiger partial charge in [0, 0.05) is 23.5 Å². The van der Waals surface area contributed by atoms with Crippen molar-refractivity contribution in [2.45, 2.75) is 6.92 Å².